The van der Waals surface area contributed by atoms with Crippen LogP contribution in [0.1, 0.15) is 10.4 Å². The zero-order valence-electron chi connectivity index (χ0n) is 9.77. The van der Waals surface area contributed by atoms with Gasteiger partial charge >= 0.3 is 5.97 Å². The molecule has 0 aliphatic carbocycles. The van der Waals surface area contributed by atoms with Gasteiger partial charge in [0.15, 0.2) is 0 Å². The Morgan fingerprint density at radius 2 is 1.95 bits per heavy atom. The fourth-order valence-corrected chi connectivity index (χ4v) is 3.93. The molecule has 0 aromatic heterocycles. The lowest BCUT2D eigenvalue weighted by Gasteiger charge is -2.17. The molecule has 2 rings (SSSR count). The van der Waals surface area contributed by atoms with Crippen LogP contribution in [0, 0.1) is 0 Å². The first kappa shape index (κ1) is 14.6. The van der Waals surface area contributed by atoms with E-state index < -0.39 is 15.7 Å². The highest BCUT2D eigenvalue weighted by atomic mass is 35.5. The SMILES string of the molecule is O=C(O)c1ccc(Cl)c(N=S2(=O)CCOCC2)c1Cl. The molecular formula is C11H11Cl2NO4S. The normalized spacial score (nSPS) is 18.0. The van der Waals surface area contributed by atoms with Crippen molar-refractivity contribution in [1.82, 2.24) is 0 Å². The van der Waals surface area contributed by atoms with E-state index in [1.807, 2.05) is 0 Å². The molecule has 19 heavy (non-hydrogen) atoms. The Hall–Kier alpha value is -0.820. The predicted octanol–water partition coefficient (Wildman–Crippen LogP) is 2.82. The summed E-state index contributed by atoms with van der Waals surface area (Å²) in [5.41, 5.74) is -0.0324. The lowest BCUT2D eigenvalue weighted by atomic mass is 10.2. The van der Waals surface area contributed by atoms with Gasteiger partial charge in [-0.05, 0) is 12.1 Å². The predicted molar refractivity (Wildman–Crippen MR) is 74.2 cm³/mol. The number of ether oxygens (including phenoxy) is 1. The monoisotopic (exact) mass is 323 g/mol. The molecule has 5 nitrogen and oxygen atoms in total. The number of benzene rings is 1. The molecule has 0 spiro atoms. The molecule has 0 unspecified atom stereocenters. The topological polar surface area (TPSA) is 76.0 Å². The number of carboxylic acids is 1. The van der Waals surface area contributed by atoms with Crippen molar-refractivity contribution in [3.63, 3.8) is 0 Å². The van der Waals surface area contributed by atoms with Crippen LogP contribution in [0.25, 0.3) is 0 Å². The maximum atomic E-state index is 12.4. The van der Waals surface area contributed by atoms with Crippen molar-refractivity contribution in [3.8, 4) is 0 Å². The second-order valence-corrected chi connectivity index (χ2v) is 7.28. The quantitative estimate of drug-likeness (QED) is 0.907. The maximum absolute atomic E-state index is 12.4. The number of hydrogen-bond donors (Lipinski definition) is 1. The van der Waals surface area contributed by atoms with Gasteiger partial charge in [-0.1, -0.05) is 23.2 Å². The molecule has 0 atom stereocenters. The van der Waals surface area contributed by atoms with Gasteiger partial charge in [0.2, 0.25) is 0 Å². The number of hydrogen-bond acceptors (Lipinski definition) is 4. The largest absolute Gasteiger partial charge is 0.478 e. The molecule has 1 aromatic carbocycles. The van der Waals surface area contributed by atoms with Gasteiger partial charge in [0, 0.05) is 0 Å². The fraction of sp³-hybridized carbons (Fsp3) is 0.364. The van der Waals surface area contributed by atoms with E-state index in [0.717, 1.165) is 0 Å². The summed E-state index contributed by atoms with van der Waals surface area (Å²) in [5, 5.41) is 9.09. The molecule has 0 saturated carbocycles. The Morgan fingerprint density at radius 1 is 1.32 bits per heavy atom. The van der Waals surface area contributed by atoms with E-state index in [4.69, 9.17) is 33.0 Å². The minimum Gasteiger partial charge on any atom is -0.478 e. The number of halogens is 2. The summed E-state index contributed by atoms with van der Waals surface area (Å²) in [6.07, 6.45) is 0. The lowest BCUT2D eigenvalue weighted by molar-refractivity contribution is 0.0697. The van der Waals surface area contributed by atoms with Crippen molar-refractivity contribution < 1.29 is 18.8 Å². The standard InChI is InChI=1S/C11H11Cl2NO4S/c12-8-2-1-7(11(15)16)9(13)10(8)14-19(17)5-3-18-4-6-19/h1-2H,3-6H2,(H,15,16). The highest BCUT2D eigenvalue weighted by Gasteiger charge is 2.20. The van der Waals surface area contributed by atoms with Crippen LogP contribution >= 0.6 is 23.2 Å². The van der Waals surface area contributed by atoms with E-state index in [2.05, 4.69) is 4.36 Å². The zero-order valence-corrected chi connectivity index (χ0v) is 12.1. The molecule has 0 amide bonds. The average molecular weight is 324 g/mol. The maximum Gasteiger partial charge on any atom is 0.337 e. The first-order valence-electron chi connectivity index (χ1n) is 5.44. The average Bonchev–Trinajstić information content (AvgIpc) is 2.35. The summed E-state index contributed by atoms with van der Waals surface area (Å²) in [4.78, 5) is 11.0. The van der Waals surface area contributed by atoms with Gasteiger partial charge in [0.25, 0.3) is 0 Å². The van der Waals surface area contributed by atoms with Crippen molar-refractivity contribution >= 4 is 44.6 Å². The van der Waals surface area contributed by atoms with Crippen molar-refractivity contribution in [2.24, 2.45) is 4.36 Å². The molecular weight excluding hydrogens is 313 g/mol. The smallest absolute Gasteiger partial charge is 0.337 e. The summed E-state index contributed by atoms with van der Waals surface area (Å²) in [6, 6.07) is 2.68. The molecule has 0 radical (unpaired) electrons. The van der Waals surface area contributed by atoms with Gasteiger partial charge < -0.3 is 9.84 Å². The van der Waals surface area contributed by atoms with E-state index in [-0.39, 0.29) is 32.8 Å². The Bertz CT molecular complexity index is 626. The molecule has 1 heterocycles. The fourth-order valence-electron chi connectivity index (χ4n) is 1.63. The van der Waals surface area contributed by atoms with Gasteiger partial charge in [-0.3, -0.25) is 0 Å². The van der Waals surface area contributed by atoms with Gasteiger partial charge in [-0.25, -0.2) is 9.00 Å². The molecule has 104 valence electrons. The third-order valence-electron chi connectivity index (χ3n) is 2.65. The number of nitrogens with zero attached hydrogens (tertiary/aromatic N) is 1. The second-order valence-electron chi connectivity index (χ2n) is 3.95. The van der Waals surface area contributed by atoms with Crippen LogP contribution in [0.3, 0.4) is 0 Å². The van der Waals surface area contributed by atoms with E-state index >= 15 is 0 Å². The molecule has 1 fully saturated rings. The molecule has 1 aliphatic rings. The van der Waals surface area contributed by atoms with Crippen LogP contribution < -0.4 is 0 Å². The van der Waals surface area contributed by atoms with Gasteiger partial charge in [-0.2, -0.15) is 4.36 Å². The molecule has 1 saturated heterocycles. The van der Waals surface area contributed by atoms with Crippen LogP contribution in [-0.2, 0) is 14.5 Å². The molecule has 0 bridgehead atoms. The van der Waals surface area contributed by atoms with Crippen LogP contribution in [-0.4, -0.2) is 40.0 Å². The minimum atomic E-state index is -2.49. The first-order chi connectivity index (χ1) is 8.93. The number of carbonyl (C=O) groups is 1. The lowest BCUT2D eigenvalue weighted by Crippen LogP contribution is -2.25. The molecule has 1 N–H and O–H groups in total. The van der Waals surface area contributed by atoms with Crippen LogP contribution in [0.15, 0.2) is 16.5 Å². The second kappa shape index (κ2) is 5.66. The Balaban J connectivity index is 2.56. The van der Waals surface area contributed by atoms with Crippen molar-refractivity contribution in [3.05, 3.63) is 27.7 Å². The van der Waals surface area contributed by atoms with E-state index in [0.29, 0.717) is 13.2 Å². The minimum absolute atomic E-state index is 0.0788. The first-order valence-corrected chi connectivity index (χ1v) is 8.05. The van der Waals surface area contributed by atoms with E-state index in [1.54, 1.807) is 0 Å². The third-order valence-corrected chi connectivity index (χ3v) is 5.46. The molecule has 1 aromatic rings. The number of aromatic carboxylic acids is 1. The number of carboxylic acid groups (broad SMARTS) is 1. The third kappa shape index (κ3) is 3.20. The van der Waals surface area contributed by atoms with Crippen LogP contribution in [0.4, 0.5) is 5.69 Å². The summed E-state index contributed by atoms with van der Waals surface area (Å²) in [6.45, 7) is 0.715. The summed E-state index contributed by atoms with van der Waals surface area (Å²) < 4.78 is 21.7. The van der Waals surface area contributed by atoms with Crippen molar-refractivity contribution in [1.29, 1.82) is 0 Å². The van der Waals surface area contributed by atoms with Crippen LogP contribution in [0.2, 0.25) is 10.0 Å². The highest BCUT2D eigenvalue weighted by Crippen LogP contribution is 2.37. The van der Waals surface area contributed by atoms with Gasteiger partial charge in [-0.15, -0.1) is 0 Å². The van der Waals surface area contributed by atoms with Crippen molar-refractivity contribution in [2.45, 2.75) is 0 Å². The molecule has 1 aliphatic heterocycles. The zero-order chi connectivity index (χ0) is 14.0. The number of rotatable bonds is 2. The van der Waals surface area contributed by atoms with Crippen LogP contribution in [0.5, 0.6) is 0 Å². The summed E-state index contributed by atoms with van der Waals surface area (Å²) in [5.74, 6) is -0.603. The summed E-state index contributed by atoms with van der Waals surface area (Å²) >= 11 is 11.9. The summed E-state index contributed by atoms with van der Waals surface area (Å²) in [7, 11) is -2.49. The Labute approximate surface area is 120 Å². The van der Waals surface area contributed by atoms with Gasteiger partial charge in [0.1, 0.15) is 5.69 Å². The van der Waals surface area contributed by atoms with E-state index in [9.17, 15) is 9.00 Å². The van der Waals surface area contributed by atoms with Crippen molar-refractivity contribution in [2.75, 3.05) is 24.7 Å². The van der Waals surface area contributed by atoms with Gasteiger partial charge in [0.05, 0.1) is 50.1 Å². The Kier molecular flexibility index (Phi) is 4.35. The van der Waals surface area contributed by atoms with E-state index in [1.165, 1.54) is 12.1 Å². The highest BCUT2D eigenvalue weighted by molar-refractivity contribution is 7.93. The molecule has 8 heteroatoms. The Morgan fingerprint density at radius 3 is 2.53 bits per heavy atom.